The van der Waals surface area contributed by atoms with Gasteiger partial charge in [-0.1, -0.05) is 23.2 Å². The van der Waals surface area contributed by atoms with E-state index >= 15 is 0 Å². The number of halogens is 2. The second kappa shape index (κ2) is 6.87. The van der Waals surface area contributed by atoms with Gasteiger partial charge in [0.05, 0.1) is 23.7 Å². The van der Waals surface area contributed by atoms with Crippen molar-refractivity contribution in [2.45, 2.75) is 0 Å². The molecule has 1 aliphatic rings. The number of carbonyl (C=O) groups is 2. The van der Waals surface area contributed by atoms with Crippen LogP contribution in [0.2, 0.25) is 10.0 Å². The molecule has 1 saturated heterocycles. The predicted octanol–water partition coefficient (Wildman–Crippen LogP) is 2.18. The summed E-state index contributed by atoms with van der Waals surface area (Å²) in [5.41, 5.74) is 0.177. The van der Waals surface area contributed by atoms with Gasteiger partial charge in [-0.15, -0.1) is 0 Å². The maximum atomic E-state index is 12.2. The lowest BCUT2D eigenvalue weighted by Gasteiger charge is -2.15. The highest BCUT2D eigenvalue weighted by molar-refractivity contribution is 6.37. The molecule has 1 N–H and O–H groups in total. The van der Waals surface area contributed by atoms with Crippen LogP contribution in [0.3, 0.4) is 0 Å². The molecule has 2 rings (SSSR count). The van der Waals surface area contributed by atoms with Crippen LogP contribution in [0.15, 0.2) is 12.1 Å². The second-order valence-corrected chi connectivity index (χ2v) is 5.11. The van der Waals surface area contributed by atoms with Crippen molar-refractivity contribution in [1.29, 1.82) is 0 Å². The van der Waals surface area contributed by atoms with E-state index in [4.69, 9.17) is 32.7 Å². The highest BCUT2D eigenvalue weighted by Gasteiger charge is 2.23. The minimum Gasteiger partial charge on any atom is -0.494 e. The third-order valence-electron chi connectivity index (χ3n) is 3.00. The third kappa shape index (κ3) is 3.51. The number of cyclic esters (lactones) is 1. The van der Waals surface area contributed by atoms with Gasteiger partial charge in [0.25, 0.3) is 5.91 Å². The molecule has 114 valence electrons. The first kappa shape index (κ1) is 15.7. The Morgan fingerprint density at radius 1 is 1.43 bits per heavy atom. The van der Waals surface area contributed by atoms with Crippen molar-refractivity contribution in [3.8, 4) is 5.75 Å². The summed E-state index contributed by atoms with van der Waals surface area (Å²) in [6.07, 6.45) is -0.373. The van der Waals surface area contributed by atoms with Gasteiger partial charge in [-0.05, 0) is 12.1 Å². The van der Waals surface area contributed by atoms with Crippen molar-refractivity contribution in [2.24, 2.45) is 0 Å². The molecule has 0 saturated carbocycles. The van der Waals surface area contributed by atoms with Crippen molar-refractivity contribution >= 4 is 35.2 Å². The molecule has 0 spiro atoms. The molecule has 0 radical (unpaired) electrons. The van der Waals surface area contributed by atoms with Gasteiger partial charge in [-0.3, -0.25) is 4.79 Å². The summed E-state index contributed by atoms with van der Waals surface area (Å²) >= 11 is 12.0. The van der Waals surface area contributed by atoms with Crippen LogP contribution in [0.4, 0.5) is 4.79 Å². The van der Waals surface area contributed by atoms with E-state index in [2.05, 4.69) is 5.32 Å². The maximum Gasteiger partial charge on any atom is 0.409 e. The molecule has 0 atom stereocenters. The number of benzene rings is 1. The topological polar surface area (TPSA) is 67.9 Å². The zero-order valence-electron chi connectivity index (χ0n) is 11.3. The lowest BCUT2D eigenvalue weighted by molar-refractivity contribution is 0.0946. The van der Waals surface area contributed by atoms with Gasteiger partial charge in [0.15, 0.2) is 5.75 Å². The molecule has 6 nitrogen and oxygen atoms in total. The number of methoxy groups -OCH3 is 1. The quantitative estimate of drug-likeness (QED) is 0.897. The number of nitrogens with one attached hydrogen (secondary N) is 1. The second-order valence-electron chi connectivity index (χ2n) is 4.29. The Morgan fingerprint density at radius 2 is 2.14 bits per heavy atom. The average molecular weight is 333 g/mol. The Morgan fingerprint density at radius 3 is 2.76 bits per heavy atom. The summed E-state index contributed by atoms with van der Waals surface area (Å²) in [5, 5.41) is 3.22. The van der Waals surface area contributed by atoms with Crippen LogP contribution in [0.25, 0.3) is 0 Å². The standard InChI is InChI=1S/C13H14Cl2N2O4/c1-20-11-9(15)3-2-8(14)10(11)12(18)16-4-5-17-6-7-21-13(17)19/h2-3H,4-7H2,1H3,(H,16,18). The van der Waals surface area contributed by atoms with E-state index in [1.54, 1.807) is 6.07 Å². The normalized spacial score (nSPS) is 14.0. The number of hydrogen-bond donors (Lipinski definition) is 1. The highest BCUT2D eigenvalue weighted by atomic mass is 35.5. The van der Waals surface area contributed by atoms with E-state index in [0.717, 1.165) is 0 Å². The number of carbonyl (C=O) groups excluding carboxylic acids is 2. The van der Waals surface area contributed by atoms with Crippen LogP contribution >= 0.6 is 23.2 Å². The van der Waals surface area contributed by atoms with Crippen LogP contribution in [0.5, 0.6) is 5.75 Å². The fourth-order valence-electron chi connectivity index (χ4n) is 1.97. The molecule has 2 amide bonds. The van der Waals surface area contributed by atoms with Gasteiger partial charge in [0.2, 0.25) is 0 Å². The summed E-state index contributed by atoms with van der Waals surface area (Å²) in [6.45, 7) is 1.54. The first-order valence-corrected chi connectivity index (χ1v) is 7.02. The maximum absolute atomic E-state index is 12.2. The smallest absolute Gasteiger partial charge is 0.409 e. The molecule has 1 aromatic carbocycles. The highest BCUT2D eigenvalue weighted by Crippen LogP contribution is 2.33. The van der Waals surface area contributed by atoms with Crippen molar-refractivity contribution in [1.82, 2.24) is 10.2 Å². The van der Waals surface area contributed by atoms with Crippen molar-refractivity contribution in [2.75, 3.05) is 33.4 Å². The molecule has 8 heteroatoms. The van der Waals surface area contributed by atoms with E-state index in [0.29, 0.717) is 24.7 Å². The zero-order valence-corrected chi connectivity index (χ0v) is 12.8. The zero-order chi connectivity index (χ0) is 15.4. The number of nitrogens with zero attached hydrogens (tertiary/aromatic N) is 1. The van der Waals surface area contributed by atoms with Crippen LogP contribution in [-0.2, 0) is 4.74 Å². The van der Waals surface area contributed by atoms with Crippen LogP contribution in [0, 0.1) is 0 Å². The fraction of sp³-hybridized carbons (Fsp3) is 0.385. The summed E-state index contributed by atoms with van der Waals surface area (Å²) in [4.78, 5) is 24.9. The molecule has 1 aromatic rings. The lowest BCUT2D eigenvalue weighted by Crippen LogP contribution is -2.35. The number of hydrogen-bond acceptors (Lipinski definition) is 4. The van der Waals surface area contributed by atoms with Gasteiger partial charge in [-0.25, -0.2) is 4.79 Å². The van der Waals surface area contributed by atoms with Gasteiger partial charge < -0.3 is 19.7 Å². The van der Waals surface area contributed by atoms with E-state index in [9.17, 15) is 9.59 Å². The van der Waals surface area contributed by atoms with Crippen molar-refractivity contribution in [3.05, 3.63) is 27.7 Å². The van der Waals surface area contributed by atoms with Crippen molar-refractivity contribution < 1.29 is 19.1 Å². The molecule has 1 fully saturated rings. The summed E-state index contributed by atoms with van der Waals surface area (Å²) in [5.74, 6) is -0.186. The molecule has 0 aromatic heterocycles. The minimum atomic E-state index is -0.410. The molecular formula is C13H14Cl2N2O4. The number of rotatable bonds is 5. The van der Waals surface area contributed by atoms with Gasteiger partial charge in [0.1, 0.15) is 12.2 Å². The number of ether oxygens (including phenoxy) is 2. The lowest BCUT2D eigenvalue weighted by atomic mass is 10.2. The predicted molar refractivity (Wildman–Crippen MR) is 78.3 cm³/mol. The molecule has 1 aliphatic heterocycles. The molecular weight excluding hydrogens is 319 g/mol. The van der Waals surface area contributed by atoms with Crippen molar-refractivity contribution in [3.63, 3.8) is 0 Å². The fourth-order valence-corrected chi connectivity index (χ4v) is 2.44. The Hall–Kier alpha value is -1.66. The Labute approximate surface area is 131 Å². The average Bonchev–Trinajstić information content (AvgIpc) is 2.86. The van der Waals surface area contributed by atoms with E-state index in [1.165, 1.54) is 18.1 Å². The van der Waals surface area contributed by atoms with Crippen LogP contribution in [-0.4, -0.2) is 50.3 Å². The van der Waals surface area contributed by atoms with Gasteiger partial charge in [0, 0.05) is 13.1 Å². The summed E-state index contributed by atoms with van der Waals surface area (Å²) < 4.78 is 9.91. The molecule has 21 heavy (non-hydrogen) atoms. The SMILES string of the molecule is COc1c(Cl)ccc(Cl)c1C(=O)NCCN1CCOC1=O. The summed E-state index contributed by atoms with van der Waals surface area (Å²) in [6, 6.07) is 3.08. The first-order chi connectivity index (χ1) is 10.0. The minimum absolute atomic E-state index is 0.177. The Kier molecular flexibility index (Phi) is 5.14. The number of amides is 2. The monoisotopic (exact) mass is 332 g/mol. The largest absolute Gasteiger partial charge is 0.494 e. The van der Waals surface area contributed by atoms with Crippen LogP contribution < -0.4 is 10.1 Å². The van der Waals surface area contributed by atoms with E-state index < -0.39 is 5.91 Å². The first-order valence-electron chi connectivity index (χ1n) is 6.26. The molecule has 1 heterocycles. The molecule has 0 bridgehead atoms. The van der Waals surface area contributed by atoms with Gasteiger partial charge >= 0.3 is 6.09 Å². The molecule has 0 aliphatic carbocycles. The Balaban J connectivity index is 2.00. The van der Waals surface area contributed by atoms with E-state index in [1.807, 2.05) is 0 Å². The van der Waals surface area contributed by atoms with Crippen LogP contribution in [0.1, 0.15) is 10.4 Å². The summed E-state index contributed by atoms with van der Waals surface area (Å²) in [7, 11) is 1.41. The third-order valence-corrected chi connectivity index (χ3v) is 3.61. The van der Waals surface area contributed by atoms with E-state index in [-0.39, 0.29) is 29.0 Å². The molecule has 0 unspecified atom stereocenters. The van der Waals surface area contributed by atoms with Gasteiger partial charge in [-0.2, -0.15) is 0 Å². The Bertz CT molecular complexity index is 565.